The highest BCUT2D eigenvalue weighted by Gasteiger charge is 2.09. The Morgan fingerprint density at radius 1 is 1.44 bits per heavy atom. The number of hydrogen-bond donors (Lipinski definition) is 2. The molecule has 0 fully saturated rings. The van der Waals surface area contributed by atoms with Crippen LogP contribution in [0, 0.1) is 11.8 Å². The largest absolute Gasteiger partial charge is 0.476 e. The van der Waals surface area contributed by atoms with Gasteiger partial charge in [0, 0.05) is 6.54 Å². The number of nitrogens with one attached hydrogen (secondary N) is 1. The summed E-state index contributed by atoms with van der Waals surface area (Å²) in [4.78, 5) is 18.4. The molecule has 0 saturated carbocycles. The molecule has 0 spiro atoms. The smallest absolute Gasteiger partial charge is 0.356 e. The number of carboxylic acid groups (broad SMARTS) is 1. The molecule has 1 aromatic rings. The van der Waals surface area contributed by atoms with Crippen LogP contribution in [-0.4, -0.2) is 27.6 Å². The summed E-state index contributed by atoms with van der Waals surface area (Å²) in [5.74, 6) is 0.513. The van der Waals surface area contributed by atoms with Crippen LogP contribution in [0.15, 0.2) is 12.4 Å². The number of nitrogens with zero attached hydrogens (tertiary/aromatic N) is 2. The number of anilines is 1. The maximum absolute atomic E-state index is 10.7. The molecule has 0 radical (unpaired) electrons. The lowest BCUT2D eigenvalue weighted by atomic mass is 9.98. The lowest BCUT2D eigenvalue weighted by molar-refractivity contribution is 0.0690. The maximum atomic E-state index is 10.7. The molecule has 0 aliphatic heterocycles. The Morgan fingerprint density at radius 2 is 2.12 bits per heavy atom. The van der Waals surface area contributed by atoms with E-state index in [4.69, 9.17) is 5.11 Å². The molecule has 0 bridgehead atoms. The van der Waals surface area contributed by atoms with Gasteiger partial charge in [-0.3, -0.25) is 4.98 Å². The fraction of sp³-hybridized carbons (Fsp3) is 0.545. The molecule has 1 aromatic heterocycles. The van der Waals surface area contributed by atoms with Crippen molar-refractivity contribution in [3.05, 3.63) is 18.1 Å². The van der Waals surface area contributed by atoms with Crippen LogP contribution in [0.3, 0.4) is 0 Å². The standard InChI is InChI=1S/C11H17N3O2/c1-7(2)8(3)4-13-10-6-12-5-9(14-10)11(15)16/h5-8H,4H2,1-3H3,(H,13,14)(H,15,16). The van der Waals surface area contributed by atoms with Crippen molar-refractivity contribution in [2.24, 2.45) is 11.8 Å². The van der Waals surface area contributed by atoms with E-state index in [2.05, 4.69) is 36.1 Å². The topological polar surface area (TPSA) is 75.1 Å². The summed E-state index contributed by atoms with van der Waals surface area (Å²) >= 11 is 0. The number of rotatable bonds is 5. The van der Waals surface area contributed by atoms with Gasteiger partial charge < -0.3 is 10.4 Å². The molecule has 1 heterocycles. The summed E-state index contributed by atoms with van der Waals surface area (Å²) in [5.41, 5.74) is -0.0396. The van der Waals surface area contributed by atoms with E-state index < -0.39 is 5.97 Å². The van der Waals surface area contributed by atoms with E-state index in [9.17, 15) is 4.79 Å². The molecule has 1 unspecified atom stereocenters. The number of carboxylic acids is 1. The number of aromatic carboxylic acids is 1. The van der Waals surface area contributed by atoms with Gasteiger partial charge >= 0.3 is 5.97 Å². The Balaban J connectivity index is 2.61. The van der Waals surface area contributed by atoms with Crippen molar-refractivity contribution in [3.8, 4) is 0 Å². The van der Waals surface area contributed by atoms with Crippen molar-refractivity contribution in [2.45, 2.75) is 20.8 Å². The second-order valence-corrected chi connectivity index (χ2v) is 4.20. The molecule has 2 N–H and O–H groups in total. The summed E-state index contributed by atoms with van der Waals surface area (Å²) < 4.78 is 0. The molecule has 0 aliphatic carbocycles. The first-order valence-electron chi connectivity index (χ1n) is 5.30. The third-order valence-electron chi connectivity index (χ3n) is 2.60. The van der Waals surface area contributed by atoms with Crippen LogP contribution in [0.1, 0.15) is 31.3 Å². The van der Waals surface area contributed by atoms with Crippen molar-refractivity contribution in [2.75, 3.05) is 11.9 Å². The molecule has 5 heteroatoms. The molecular weight excluding hydrogens is 206 g/mol. The normalized spacial score (nSPS) is 12.5. The molecule has 88 valence electrons. The van der Waals surface area contributed by atoms with E-state index in [1.54, 1.807) is 0 Å². The molecule has 0 saturated heterocycles. The van der Waals surface area contributed by atoms with Gasteiger partial charge in [-0.2, -0.15) is 0 Å². The van der Waals surface area contributed by atoms with E-state index >= 15 is 0 Å². The summed E-state index contributed by atoms with van der Waals surface area (Å²) in [6, 6.07) is 0. The molecule has 5 nitrogen and oxygen atoms in total. The fourth-order valence-corrected chi connectivity index (χ4v) is 1.06. The number of carbonyl (C=O) groups is 1. The fourth-order valence-electron chi connectivity index (χ4n) is 1.06. The van der Waals surface area contributed by atoms with Gasteiger partial charge in [0.2, 0.25) is 0 Å². The Hall–Kier alpha value is -1.65. The first-order valence-corrected chi connectivity index (χ1v) is 5.30. The van der Waals surface area contributed by atoms with Crippen LogP contribution >= 0.6 is 0 Å². The minimum absolute atomic E-state index is 0.0396. The van der Waals surface area contributed by atoms with Crippen molar-refractivity contribution in [1.82, 2.24) is 9.97 Å². The minimum atomic E-state index is -1.06. The van der Waals surface area contributed by atoms with Crippen LogP contribution < -0.4 is 5.32 Å². The molecule has 0 aliphatic rings. The van der Waals surface area contributed by atoms with E-state index in [0.717, 1.165) is 6.54 Å². The Bertz CT molecular complexity index is 366. The van der Waals surface area contributed by atoms with Crippen LogP contribution in [0.4, 0.5) is 5.82 Å². The lowest BCUT2D eigenvalue weighted by Crippen LogP contribution is -2.17. The van der Waals surface area contributed by atoms with E-state index in [1.165, 1.54) is 12.4 Å². The average Bonchev–Trinajstić information content (AvgIpc) is 2.26. The molecular formula is C11H17N3O2. The van der Waals surface area contributed by atoms with Crippen molar-refractivity contribution < 1.29 is 9.90 Å². The molecule has 0 aromatic carbocycles. The first kappa shape index (κ1) is 12.4. The van der Waals surface area contributed by atoms with Gasteiger partial charge in [0.05, 0.1) is 12.4 Å². The average molecular weight is 223 g/mol. The highest BCUT2D eigenvalue weighted by molar-refractivity contribution is 5.85. The molecule has 0 amide bonds. The van der Waals surface area contributed by atoms with E-state index in [-0.39, 0.29) is 5.69 Å². The highest BCUT2D eigenvalue weighted by atomic mass is 16.4. The van der Waals surface area contributed by atoms with Crippen molar-refractivity contribution >= 4 is 11.8 Å². The van der Waals surface area contributed by atoms with Crippen LogP contribution in [0.2, 0.25) is 0 Å². The molecule has 16 heavy (non-hydrogen) atoms. The first-order chi connectivity index (χ1) is 7.50. The zero-order chi connectivity index (χ0) is 12.1. The Morgan fingerprint density at radius 3 is 2.69 bits per heavy atom. The zero-order valence-electron chi connectivity index (χ0n) is 9.77. The van der Waals surface area contributed by atoms with Crippen LogP contribution in [0.5, 0.6) is 0 Å². The lowest BCUT2D eigenvalue weighted by Gasteiger charge is -2.16. The predicted molar refractivity (Wildman–Crippen MR) is 61.5 cm³/mol. The maximum Gasteiger partial charge on any atom is 0.356 e. The van der Waals surface area contributed by atoms with Gasteiger partial charge in [-0.1, -0.05) is 20.8 Å². The monoisotopic (exact) mass is 223 g/mol. The van der Waals surface area contributed by atoms with E-state index in [0.29, 0.717) is 17.7 Å². The second kappa shape index (κ2) is 5.44. The molecule has 1 rings (SSSR count). The van der Waals surface area contributed by atoms with Crippen LogP contribution in [-0.2, 0) is 0 Å². The third kappa shape index (κ3) is 3.49. The summed E-state index contributed by atoms with van der Waals surface area (Å²) in [5, 5.41) is 11.8. The highest BCUT2D eigenvalue weighted by Crippen LogP contribution is 2.10. The van der Waals surface area contributed by atoms with Gasteiger partial charge in [-0.25, -0.2) is 9.78 Å². The van der Waals surface area contributed by atoms with E-state index in [1.807, 2.05) is 0 Å². The second-order valence-electron chi connectivity index (χ2n) is 4.20. The van der Waals surface area contributed by atoms with Crippen molar-refractivity contribution in [3.63, 3.8) is 0 Å². The molecule has 1 atom stereocenters. The number of hydrogen-bond acceptors (Lipinski definition) is 4. The zero-order valence-corrected chi connectivity index (χ0v) is 9.77. The van der Waals surface area contributed by atoms with Gasteiger partial charge in [0.1, 0.15) is 5.82 Å². The van der Waals surface area contributed by atoms with Gasteiger partial charge in [0.15, 0.2) is 5.69 Å². The SMILES string of the molecule is CC(C)C(C)CNc1cncc(C(=O)O)n1. The van der Waals surface area contributed by atoms with Gasteiger partial charge in [0.25, 0.3) is 0 Å². The summed E-state index contributed by atoms with van der Waals surface area (Å²) in [7, 11) is 0. The van der Waals surface area contributed by atoms with Gasteiger partial charge in [-0.05, 0) is 11.8 Å². The predicted octanol–water partition coefficient (Wildman–Crippen LogP) is 1.88. The number of aromatic nitrogens is 2. The minimum Gasteiger partial charge on any atom is -0.476 e. The van der Waals surface area contributed by atoms with Crippen molar-refractivity contribution in [1.29, 1.82) is 0 Å². The summed E-state index contributed by atoms with van der Waals surface area (Å²) in [6.45, 7) is 7.18. The summed E-state index contributed by atoms with van der Waals surface area (Å²) in [6.07, 6.45) is 2.76. The Labute approximate surface area is 94.9 Å². The van der Waals surface area contributed by atoms with Gasteiger partial charge in [-0.15, -0.1) is 0 Å². The Kier molecular flexibility index (Phi) is 4.22. The van der Waals surface area contributed by atoms with Crippen LogP contribution in [0.25, 0.3) is 0 Å². The quantitative estimate of drug-likeness (QED) is 0.797. The third-order valence-corrected chi connectivity index (χ3v) is 2.60.